The molecule has 0 spiro atoms. The van der Waals surface area contributed by atoms with E-state index in [1.807, 2.05) is 18.3 Å². The van der Waals surface area contributed by atoms with Gasteiger partial charge in [-0.1, -0.05) is 30.3 Å². The predicted octanol–water partition coefficient (Wildman–Crippen LogP) is 5.81. The predicted molar refractivity (Wildman–Crippen MR) is 149 cm³/mol. The van der Waals surface area contributed by atoms with E-state index in [0.717, 1.165) is 0 Å². The molecule has 0 aliphatic rings. The van der Waals surface area contributed by atoms with Crippen LogP contribution in [0.15, 0.2) is 59.8 Å². The van der Waals surface area contributed by atoms with E-state index in [-0.39, 0.29) is 30.3 Å². The molecule has 0 unspecified atom stereocenters. The first-order chi connectivity index (χ1) is 16.6. The standard InChI is InChI=1S/C26H38O7Si3/c1-20(19-36(8,32-34(2,3)4)33-35(5,6)7)26(29)31-17-16-30-22-14-15-23(24(27)18-22)25(28)21-12-10-9-11-13-21/h9-15,18-19,27H,16-17H2,1-8H3/b20-19+. The van der Waals surface area contributed by atoms with Crippen molar-refractivity contribution in [3.8, 4) is 11.5 Å². The highest BCUT2D eigenvalue weighted by Crippen LogP contribution is 2.26. The van der Waals surface area contributed by atoms with Crippen molar-refractivity contribution in [2.24, 2.45) is 0 Å². The van der Waals surface area contributed by atoms with Gasteiger partial charge in [-0.2, -0.15) is 0 Å². The lowest BCUT2D eigenvalue weighted by Gasteiger charge is -2.36. The van der Waals surface area contributed by atoms with Crippen molar-refractivity contribution in [3.63, 3.8) is 0 Å². The maximum absolute atomic E-state index is 12.6. The lowest BCUT2D eigenvalue weighted by molar-refractivity contribution is -0.139. The van der Waals surface area contributed by atoms with Gasteiger partial charge in [-0.25, -0.2) is 4.79 Å². The number of phenols is 1. The van der Waals surface area contributed by atoms with Crippen molar-refractivity contribution in [2.75, 3.05) is 13.2 Å². The molecule has 36 heavy (non-hydrogen) atoms. The molecule has 0 aromatic heterocycles. The molecule has 0 fully saturated rings. The van der Waals surface area contributed by atoms with Crippen molar-refractivity contribution < 1.29 is 32.4 Å². The number of carbonyl (C=O) groups is 2. The number of rotatable bonds is 12. The second kappa shape index (κ2) is 12.2. The highest BCUT2D eigenvalue weighted by molar-refractivity contribution is 6.90. The molecule has 10 heteroatoms. The Kier molecular flexibility index (Phi) is 10.0. The minimum absolute atomic E-state index is 0.0253. The van der Waals surface area contributed by atoms with Crippen LogP contribution in [0.4, 0.5) is 0 Å². The summed E-state index contributed by atoms with van der Waals surface area (Å²) in [5.41, 5.74) is 2.95. The van der Waals surface area contributed by atoms with Gasteiger partial charge >= 0.3 is 14.5 Å². The van der Waals surface area contributed by atoms with Crippen LogP contribution in [0.2, 0.25) is 45.8 Å². The second-order valence-corrected chi connectivity index (χ2v) is 23.0. The van der Waals surface area contributed by atoms with Gasteiger partial charge in [0.25, 0.3) is 0 Å². The van der Waals surface area contributed by atoms with Crippen LogP contribution in [0.25, 0.3) is 0 Å². The van der Waals surface area contributed by atoms with Crippen molar-refractivity contribution >= 4 is 36.9 Å². The average Bonchev–Trinajstić information content (AvgIpc) is 2.73. The fourth-order valence-electron chi connectivity index (χ4n) is 3.69. The zero-order chi connectivity index (χ0) is 27.1. The minimum atomic E-state index is -2.72. The van der Waals surface area contributed by atoms with Crippen molar-refractivity contribution in [1.29, 1.82) is 0 Å². The molecule has 0 saturated carbocycles. The number of benzene rings is 2. The first-order valence-corrected chi connectivity index (χ1v) is 21.1. The lowest BCUT2D eigenvalue weighted by Crippen LogP contribution is -2.52. The van der Waals surface area contributed by atoms with Gasteiger partial charge in [-0.3, -0.25) is 4.79 Å². The summed E-state index contributed by atoms with van der Waals surface area (Å²) in [6, 6.07) is 13.2. The van der Waals surface area contributed by atoms with E-state index in [2.05, 4.69) is 39.3 Å². The van der Waals surface area contributed by atoms with Gasteiger partial charge in [0, 0.05) is 17.2 Å². The van der Waals surface area contributed by atoms with Crippen LogP contribution in [0, 0.1) is 0 Å². The average molecular weight is 547 g/mol. The Labute approximate surface area is 217 Å². The molecule has 7 nitrogen and oxygen atoms in total. The molecule has 2 aromatic rings. The SMILES string of the molecule is C/C(=C\[Si](C)(O[Si](C)(C)C)O[Si](C)(C)C)C(=O)OCCOc1ccc(C(=O)c2ccccc2)c(O)c1. The van der Waals surface area contributed by atoms with Gasteiger partial charge in [0.15, 0.2) is 22.4 Å². The molecule has 0 amide bonds. The summed E-state index contributed by atoms with van der Waals surface area (Å²) in [4.78, 5) is 25.1. The Hall–Kier alpha value is -2.51. The topological polar surface area (TPSA) is 91.3 Å². The van der Waals surface area contributed by atoms with Crippen LogP contribution in [0.1, 0.15) is 22.8 Å². The van der Waals surface area contributed by atoms with Gasteiger partial charge < -0.3 is 22.8 Å². The van der Waals surface area contributed by atoms with Gasteiger partial charge in [-0.15, -0.1) is 0 Å². The summed E-state index contributed by atoms with van der Waals surface area (Å²) in [5, 5.41) is 10.3. The quantitative estimate of drug-likeness (QED) is 0.118. The summed E-state index contributed by atoms with van der Waals surface area (Å²) in [6.07, 6.45) is 0. The van der Waals surface area contributed by atoms with Crippen LogP contribution in [0.5, 0.6) is 11.5 Å². The monoisotopic (exact) mass is 546 g/mol. The summed E-state index contributed by atoms with van der Waals surface area (Å²) < 4.78 is 23.8. The van der Waals surface area contributed by atoms with Gasteiger partial charge in [-0.05, 0) is 70.6 Å². The highest BCUT2D eigenvalue weighted by Gasteiger charge is 2.39. The number of ether oxygens (including phenoxy) is 2. The molecule has 1 N–H and O–H groups in total. The van der Waals surface area contributed by atoms with Crippen molar-refractivity contribution in [3.05, 3.63) is 70.9 Å². The molecule has 0 bridgehead atoms. The first kappa shape index (κ1) is 29.7. The molecule has 2 rings (SSSR count). The maximum Gasteiger partial charge on any atom is 0.341 e. The zero-order valence-electron chi connectivity index (χ0n) is 22.5. The van der Waals surface area contributed by atoms with E-state index < -0.39 is 31.2 Å². The van der Waals surface area contributed by atoms with E-state index >= 15 is 0 Å². The Morgan fingerprint density at radius 1 is 0.861 bits per heavy atom. The van der Waals surface area contributed by atoms with E-state index in [0.29, 0.717) is 16.9 Å². The number of hydrogen-bond donors (Lipinski definition) is 1. The first-order valence-electron chi connectivity index (χ1n) is 11.9. The Morgan fingerprint density at radius 2 is 1.44 bits per heavy atom. The van der Waals surface area contributed by atoms with Crippen molar-refractivity contribution in [2.45, 2.75) is 52.8 Å². The third kappa shape index (κ3) is 9.86. The lowest BCUT2D eigenvalue weighted by atomic mass is 10.0. The number of phenolic OH excluding ortho intramolecular Hbond substituents is 1. The Morgan fingerprint density at radius 3 is 1.97 bits per heavy atom. The van der Waals surface area contributed by atoms with Crippen LogP contribution < -0.4 is 4.74 Å². The maximum atomic E-state index is 12.6. The molecule has 0 aliphatic heterocycles. The van der Waals surface area contributed by atoms with Crippen LogP contribution in [-0.4, -0.2) is 55.3 Å². The second-order valence-electron chi connectivity index (χ2n) is 10.6. The third-order valence-electron chi connectivity index (χ3n) is 4.65. The van der Waals surface area contributed by atoms with Gasteiger partial charge in [0.05, 0.1) is 5.56 Å². The number of hydrogen-bond acceptors (Lipinski definition) is 7. The molecule has 0 aliphatic carbocycles. The molecular formula is C26H38O7Si3. The Balaban J connectivity index is 1.95. The summed E-state index contributed by atoms with van der Waals surface area (Å²) in [6.45, 7) is 16.4. The van der Waals surface area contributed by atoms with Crippen molar-refractivity contribution in [1.82, 2.24) is 0 Å². The van der Waals surface area contributed by atoms with Crippen LogP contribution >= 0.6 is 0 Å². The van der Waals surface area contributed by atoms with E-state index in [9.17, 15) is 14.7 Å². The van der Waals surface area contributed by atoms with Crippen LogP contribution in [-0.2, 0) is 17.8 Å². The zero-order valence-corrected chi connectivity index (χ0v) is 25.5. The molecule has 0 radical (unpaired) electrons. The molecule has 0 atom stereocenters. The molecule has 0 saturated heterocycles. The van der Waals surface area contributed by atoms with E-state index in [1.54, 1.807) is 37.3 Å². The number of aromatic hydroxyl groups is 1. The fraction of sp³-hybridized carbons (Fsp3) is 0.385. The molecule has 2 aromatic carbocycles. The fourth-order valence-corrected chi connectivity index (χ4v) is 15.3. The smallest absolute Gasteiger partial charge is 0.341 e. The van der Waals surface area contributed by atoms with E-state index in [1.165, 1.54) is 12.1 Å². The normalized spacial score (nSPS) is 12.8. The highest BCUT2D eigenvalue weighted by atomic mass is 28.5. The molecular weight excluding hydrogens is 509 g/mol. The summed E-state index contributed by atoms with van der Waals surface area (Å²) in [5.74, 6) is -0.538. The number of esters is 1. The van der Waals surface area contributed by atoms with Crippen LogP contribution in [0.3, 0.4) is 0 Å². The van der Waals surface area contributed by atoms with Gasteiger partial charge in [0.1, 0.15) is 24.7 Å². The van der Waals surface area contributed by atoms with E-state index in [4.69, 9.17) is 17.7 Å². The molecule has 196 valence electrons. The minimum Gasteiger partial charge on any atom is -0.507 e. The number of carbonyl (C=O) groups excluding carboxylic acids is 2. The number of ketones is 1. The summed E-state index contributed by atoms with van der Waals surface area (Å²) in [7, 11) is -6.51. The Bertz CT molecular complexity index is 1070. The molecule has 0 heterocycles. The van der Waals surface area contributed by atoms with Gasteiger partial charge in [0.2, 0.25) is 0 Å². The summed E-state index contributed by atoms with van der Waals surface area (Å²) >= 11 is 0. The largest absolute Gasteiger partial charge is 0.507 e. The third-order valence-corrected chi connectivity index (χ3v) is 13.8.